The molecule has 0 aromatic heterocycles. The molecule has 4 nitrogen and oxygen atoms in total. The lowest BCUT2D eigenvalue weighted by Gasteiger charge is -2.44. The van der Waals surface area contributed by atoms with E-state index in [-0.39, 0.29) is 11.7 Å². The van der Waals surface area contributed by atoms with Crippen LogP contribution in [0.15, 0.2) is 36.4 Å². The van der Waals surface area contributed by atoms with E-state index in [2.05, 4.69) is 15.5 Å². The molecule has 2 heterocycles. The van der Waals surface area contributed by atoms with E-state index in [1.165, 1.54) is 0 Å². The Morgan fingerprint density at radius 1 is 1.08 bits per heavy atom. The van der Waals surface area contributed by atoms with Crippen molar-refractivity contribution in [1.82, 2.24) is 4.90 Å². The van der Waals surface area contributed by atoms with Gasteiger partial charge in [0.15, 0.2) is 0 Å². The van der Waals surface area contributed by atoms with Gasteiger partial charge in [0.1, 0.15) is 11.4 Å². The maximum absolute atomic E-state index is 14.1. The molecule has 0 atom stereocenters. The summed E-state index contributed by atoms with van der Waals surface area (Å²) in [6.45, 7) is 5.96. The lowest BCUT2D eigenvalue weighted by molar-refractivity contribution is -0.122. The van der Waals surface area contributed by atoms with Crippen LogP contribution in [-0.2, 0) is 11.3 Å². The largest absolute Gasteiger partial charge is 0.369 e. The Balaban J connectivity index is 1.46. The second-order valence-electron chi connectivity index (χ2n) is 7.46. The lowest BCUT2D eigenvalue weighted by Crippen LogP contribution is -2.58. The number of amides is 1. The third-order valence-electron chi connectivity index (χ3n) is 5.78. The van der Waals surface area contributed by atoms with Gasteiger partial charge in [0.05, 0.1) is 11.4 Å². The zero-order valence-electron chi connectivity index (χ0n) is 15.2. The predicted molar refractivity (Wildman–Crippen MR) is 102 cm³/mol. The molecule has 5 heteroatoms. The summed E-state index contributed by atoms with van der Waals surface area (Å²) in [5.41, 5.74) is 3.72. The maximum Gasteiger partial charge on any atom is 0.250 e. The van der Waals surface area contributed by atoms with Crippen LogP contribution in [0.2, 0.25) is 0 Å². The molecule has 2 aromatic rings. The van der Waals surface area contributed by atoms with Crippen molar-refractivity contribution in [2.45, 2.75) is 38.8 Å². The molecular formula is C21H24FN3O. The van der Waals surface area contributed by atoms with Crippen molar-refractivity contribution in [3.8, 4) is 0 Å². The topological polar surface area (TPSA) is 44.4 Å². The Morgan fingerprint density at radius 2 is 1.77 bits per heavy atom. The SMILES string of the molecule is Cc1ccc(CN2CCC3(CC2)Nc2ccccc2NC3=O)c(C)c1F. The number of fused-ring (bicyclic) bond motifs is 1. The number of carbonyl (C=O) groups is 1. The maximum atomic E-state index is 14.1. The molecule has 1 spiro atoms. The molecule has 2 aliphatic heterocycles. The van der Waals surface area contributed by atoms with Gasteiger partial charge in [-0.1, -0.05) is 24.3 Å². The van der Waals surface area contributed by atoms with Crippen LogP contribution in [0.4, 0.5) is 15.8 Å². The lowest BCUT2D eigenvalue weighted by atomic mass is 9.84. The number of hydrogen-bond donors (Lipinski definition) is 2. The summed E-state index contributed by atoms with van der Waals surface area (Å²) in [6, 6.07) is 11.7. The molecule has 0 saturated carbocycles. The highest BCUT2D eigenvalue weighted by Gasteiger charge is 2.44. The van der Waals surface area contributed by atoms with Crippen LogP contribution in [0.25, 0.3) is 0 Å². The Bertz CT molecular complexity index is 856. The molecule has 2 N–H and O–H groups in total. The van der Waals surface area contributed by atoms with Crippen molar-refractivity contribution in [3.05, 3.63) is 58.9 Å². The molecule has 1 fully saturated rings. The number of nitrogens with one attached hydrogen (secondary N) is 2. The number of hydrogen-bond acceptors (Lipinski definition) is 3. The molecule has 0 bridgehead atoms. The van der Waals surface area contributed by atoms with E-state index in [0.29, 0.717) is 5.56 Å². The third-order valence-corrected chi connectivity index (χ3v) is 5.78. The van der Waals surface area contributed by atoms with Crippen LogP contribution in [0, 0.1) is 19.7 Å². The smallest absolute Gasteiger partial charge is 0.250 e. The van der Waals surface area contributed by atoms with Crippen molar-refractivity contribution in [2.24, 2.45) is 0 Å². The second kappa shape index (κ2) is 6.40. The fourth-order valence-corrected chi connectivity index (χ4v) is 3.98. The number of carbonyl (C=O) groups excluding carboxylic acids is 1. The number of likely N-dealkylation sites (tertiary alicyclic amines) is 1. The van der Waals surface area contributed by atoms with E-state index in [0.717, 1.165) is 55.0 Å². The Hall–Kier alpha value is -2.40. The van der Waals surface area contributed by atoms with Crippen molar-refractivity contribution in [2.75, 3.05) is 23.7 Å². The first kappa shape index (κ1) is 17.0. The molecule has 2 aliphatic rings. The van der Waals surface area contributed by atoms with E-state index in [1.807, 2.05) is 43.3 Å². The van der Waals surface area contributed by atoms with Gasteiger partial charge in [-0.3, -0.25) is 9.69 Å². The predicted octanol–water partition coefficient (Wildman–Crippen LogP) is 3.84. The standard InChI is InChI=1S/C21H24FN3O/c1-14-7-8-16(15(2)19(14)22)13-25-11-9-21(10-12-25)20(26)23-17-5-3-4-6-18(17)24-21/h3-8,24H,9-13H2,1-2H3,(H,23,26). The molecule has 26 heavy (non-hydrogen) atoms. The van der Waals surface area contributed by atoms with Crippen molar-refractivity contribution in [3.63, 3.8) is 0 Å². The zero-order chi connectivity index (χ0) is 18.3. The van der Waals surface area contributed by atoms with Crippen LogP contribution >= 0.6 is 0 Å². The van der Waals surface area contributed by atoms with Gasteiger partial charge in [0.25, 0.3) is 0 Å². The van der Waals surface area contributed by atoms with Crippen molar-refractivity contribution >= 4 is 17.3 Å². The molecule has 0 aliphatic carbocycles. The highest BCUT2D eigenvalue weighted by Crippen LogP contribution is 2.36. The summed E-state index contributed by atoms with van der Waals surface area (Å²) in [7, 11) is 0. The molecule has 2 aromatic carbocycles. The minimum Gasteiger partial charge on any atom is -0.369 e. The number of para-hydroxylation sites is 2. The Labute approximate surface area is 153 Å². The van der Waals surface area contributed by atoms with E-state index < -0.39 is 5.54 Å². The summed E-state index contributed by atoms with van der Waals surface area (Å²) in [5, 5.41) is 6.51. The van der Waals surface area contributed by atoms with Gasteiger partial charge in [0, 0.05) is 19.6 Å². The second-order valence-corrected chi connectivity index (χ2v) is 7.46. The molecule has 4 rings (SSSR count). The summed E-state index contributed by atoms with van der Waals surface area (Å²) in [5.74, 6) is -0.0608. The fraction of sp³-hybridized carbons (Fsp3) is 0.381. The quantitative estimate of drug-likeness (QED) is 0.862. The van der Waals surface area contributed by atoms with Gasteiger partial charge in [-0.25, -0.2) is 4.39 Å². The molecule has 0 radical (unpaired) electrons. The number of rotatable bonds is 2. The van der Waals surface area contributed by atoms with Crippen molar-refractivity contribution < 1.29 is 9.18 Å². The fourth-order valence-electron chi connectivity index (χ4n) is 3.98. The van der Waals surface area contributed by atoms with Crippen LogP contribution in [0.1, 0.15) is 29.5 Å². The Kier molecular flexibility index (Phi) is 4.19. The van der Waals surface area contributed by atoms with Crippen LogP contribution in [-0.4, -0.2) is 29.4 Å². The van der Waals surface area contributed by atoms with Gasteiger partial charge < -0.3 is 10.6 Å². The summed E-state index contributed by atoms with van der Waals surface area (Å²) in [4.78, 5) is 15.0. The van der Waals surface area contributed by atoms with Crippen molar-refractivity contribution in [1.29, 1.82) is 0 Å². The summed E-state index contributed by atoms with van der Waals surface area (Å²) in [6.07, 6.45) is 1.47. The highest BCUT2D eigenvalue weighted by atomic mass is 19.1. The minimum absolute atomic E-state index is 0.0495. The normalized spacial score (nSPS) is 19.0. The van der Waals surface area contributed by atoms with E-state index in [9.17, 15) is 9.18 Å². The number of benzene rings is 2. The number of anilines is 2. The number of aryl methyl sites for hydroxylation is 1. The summed E-state index contributed by atoms with van der Waals surface area (Å²) >= 11 is 0. The first-order valence-electron chi connectivity index (χ1n) is 9.14. The number of halogens is 1. The molecule has 0 unspecified atom stereocenters. The number of nitrogens with zero attached hydrogens (tertiary/aromatic N) is 1. The van der Waals surface area contributed by atoms with E-state index in [4.69, 9.17) is 0 Å². The monoisotopic (exact) mass is 353 g/mol. The molecule has 136 valence electrons. The van der Waals surface area contributed by atoms with Crippen LogP contribution < -0.4 is 10.6 Å². The van der Waals surface area contributed by atoms with Gasteiger partial charge in [-0.15, -0.1) is 0 Å². The van der Waals surface area contributed by atoms with Crippen LogP contribution in [0.5, 0.6) is 0 Å². The van der Waals surface area contributed by atoms with Gasteiger partial charge >= 0.3 is 0 Å². The average Bonchev–Trinajstić information content (AvgIpc) is 2.65. The van der Waals surface area contributed by atoms with Gasteiger partial charge in [0.2, 0.25) is 5.91 Å². The van der Waals surface area contributed by atoms with E-state index >= 15 is 0 Å². The van der Waals surface area contributed by atoms with Gasteiger partial charge in [-0.05, 0) is 55.5 Å². The minimum atomic E-state index is -0.543. The number of piperidine rings is 1. The Morgan fingerprint density at radius 3 is 2.50 bits per heavy atom. The zero-order valence-corrected chi connectivity index (χ0v) is 15.2. The average molecular weight is 353 g/mol. The first-order valence-corrected chi connectivity index (χ1v) is 9.14. The first-order chi connectivity index (χ1) is 12.5. The summed E-state index contributed by atoms with van der Waals surface area (Å²) < 4.78 is 14.1. The molecule has 1 amide bonds. The third kappa shape index (κ3) is 2.86. The van der Waals surface area contributed by atoms with Gasteiger partial charge in [-0.2, -0.15) is 0 Å². The van der Waals surface area contributed by atoms with E-state index in [1.54, 1.807) is 6.92 Å². The molecule has 1 saturated heterocycles. The molecular weight excluding hydrogens is 329 g/mol. The van der Waals surface area contributed by atoms with Crippen LogP contribution in [0.3, 0.4) is 0 Å². The highest BCUT2D eigenvalue weighted by molar-refractivity contribution is 6.06.